The minimum absolute atomic E-state index is 0.0612. The normalized spacial score (nSPS) is 17.4. The van der Waals surface area contributed by atoms with Crippen molar-refractivity contribution in [2.45, 2.75) is 52.7 Å². The predicted octanol–water partition coefficient (Wildman–Crippen LogP) is 2.64. The lowest BCUT2D eigenvalue weighted by Crippen LogP contribution is -2.44. The van der Waals surface area contributed by atoms with E-state index in [2.05, 4.69) is 5.32 Å². The number of carbonyl (C=O) groups excluding carboxylic acids is 3. The summed E-state index contributed by atoms with van der Waals surface area (Å²) in [5.74, 6) is -0.831. The number of hydrogen-bond acceptors (Lipinski definition) is 4. The van der Waals surface area contributed by atoms with E-state index in [1.54, 1.807) is 20.8 Å². The van der Waals surface area contributed by atoms with Crippen molar-refractivity contribution in [1.82, 2.24) is 5.32 Å². The van der Waals surface area contributed by atoms with Gasteiger partial charge in [-0.15, -0.1) is 0 Å². The van der Waals surface area contributed by atoms with Crippen molar-refractivity contribution in [3.63, 3.8) is 0 Å². The zero-order chi connectivity index (χ0) is 19.5. The highest BCUT2D eigenvalue weighted by Crippen LogP contribution is 2.29. The quantitative estimate of drug-likeness (QED) is 0.769. The van der Waals surface area contributed by atoms with Crippen LogP contribution in [0.15, 0.2) is 52.6 Å². The van der Waals surface area contributed by atoms with E-state index in [0.29, 0.717) is 28.8 Å². The molecule has 0 fully saturated rings. The Morgan fingerprint density at radius 2 is 1.58 bits per heavy atom. The van der Waals surface area contributed by atoms with Crippen LogP contribution in [0.5, 0.6) is 0 Å². The molecule has 5 nitrogen and oxygen atoms in total. The number of aliphatic hydroxyl groups is 1. The van der Waals surface area contributed by atoms with E-state index in [1.165, 1.54) is 6.92 Å². The van der Waals surface area contributed by atoms with Gasteiger partial charge in [0.05, 0.1) is 0 Å². The number of carbonyl (C=O) groups is 3. The summed E-state index contributed by atoms with van der Waals surface area (Å²) in [4.78, 5) is 37.0. The Morgan fingerprint density at radius 3 is 2.19 bits per heavy atom. The first-order valence-electron chi connectivity index (χ1n) is 8.66. The molecule has 0 bridgehead atoms. The molecule has 0 saturated carbocycles. The van der Waals surface area contributed by atoms with E-state index in [9.17, 15) is 19.5 Å². The number of allylic oxidation sites excluding steroid dienone is 4. The molecule has 138 valence electrons. The third-order valence-corrected chi connectivity index (χ3v) is 4.96. The highest BCUT2D eigenvalue weighted by molar-refractivity contribution is 6.24. The lowest BCUT2D eigenvalue weighted by atomic mass is 9.82. The molecular formula is C21H25NO4. The lowest BCUT2D eigenvalue weighted by Gasteiger charge is -2.24. The lowest BCUT2D eigenvalue weighted by molar-refractivity contribution is -0.139. The standard InChI is InChI=1S/C21H25NO4/c1-13-14(2)19(24)17(15(3)18(13)23)10-11-21(4,26)20(25)22-12-16-8-6-5-7-9-16/h5-9,26H,10-12H2,1-4H3,(H,22,25). The fraction of sp³-hybridized carbons (Fsp3) is 0.381. The molecule has 0 saturated heterocycles. The van der Waals surface area contributed by atoms with Crippen molar-refractivity contribution in [2.75, 3.05) is 0 Å². The topological polar surface area (TPSA) is 83.5 Å². The Kier molecular flexibility index (Phi) is 5.93. The van der Waals surface area contributed by atoms with Crippen molar-refractivity contribution in [3.05, 3.63) is 58.2 Å². The average molecular weight is 355 g/mol. The first-order chi connectivity index (χ1) is 12.1. The van der Waals surface area contributed by atoms with E-state index in [1.807, 2.05) is 30.3 Å². The molecule has 0 aliphatic heterocycles. The molecule has 1 aliphatic rings. The van der Waals surface area contributed by atoms with Gasteiger partial charge in [0.1, 0.15) is 5.60 Å². The first-order valence-corrected chi connectivity index (χ1v) is 8.66. The molecule has 0 heterocycles. The van der Waals surface area contributed by atoms with Crippen molar-refractivity contribution in [3.8, 4) is 0 Å². The van der Waals surface area contributed by atoms with Gasteiger partial charge >= 0.3 is 0 Å². The monoisotopic (exact) mass is 355 g/mol. The summed E-state index contributed by atoms with van der Waals surface area (Å²) < 4.78 is 0. The average Bonchev–Trinajstić information content (AvgIpc) is 2.63. The summed E-state index contributed by atoms with van der Waals surface area (Å²) in [6, 6.07) is 9.40. The van der Waals surface area contributed by atoms with Crippen molar-refractivity contribution in [1.29, 1.82) is 0 Å². The van der Waals surface area contributed by atoms with Crippen LogP contribution in [-0.4, -0.2) is 28.2 Å². The molecule has 1 unspecified atom stereocenters. The number of rotatable bonds is 6. The summed E-state index contributed by atoms with van der Waals surface area (Å²) >= 11 is 0. The highest BCUT2D eigenvalue weighted by atomic mass is 16.3. The van der Waals surface area contributed by atoms with Gasteiger partial charge in [-0.1, -0.05) is 30.3 Å². The van der Waals surface area contributed by atoms with Gasteiger partial charge in [-0.3, -0.25) is 14.4 Å². The molecule has 2 rings (SSSR count). The van der Waals surface area contributed by atoms with Crippen LogP contribution in [0, 0.1) is 0 Å². The molecule has 1 atom stereocenters. The summed E-state index contributed by atoms with van der Waals surface area (Å²) in [6.07, 6.45) is 0.235. The van der Waals surface area contributed by atoms with E-state index < -0.39 is 11.5 Å². The van der Waals surface area contributed by atoms with Crippen LogP contribution >= 0.6 is 0 Å². The zero-order valence-corrected chi connectivity index (χ0v) is 15.7. The van der Waals surface area contributed by atoms with Crippen molar-refractivity contribution in [2.24, 2.45) is 0 Å². The molecule has 26 heavy (non-hydrogen) atoms. The van der Waals surface area contributed by atoms with Crippen molar-refractivity contribution < 1.29 is 19.5 Å². The third-order valence-electron chi connectivity index (χ3n) is 4.96. The fourth-order valence-electron chi connectivity index (χ4n) is 2.91. The van der Waals surface area contributed by atoms with Crippen LogP contribution in [0.25, 0.3) is 0 Å². The summed E-state index contributed by atoms with van der Waals surface area (Å²) in [7, 11) is 0. The smallest absolute Gasteiger partial charge is 0.251 e. The van der Waals surface area contributed by atoms with Crippen molar-refractivity contribution >= 4 is 17.5 Å². The Balaban J connectivity index is 2.02. The van der Waals surface area contributed by atoms with Gasteiger partial charge in [-0.05, 0) is 46.1 Å². The third kappa shape index (κ3) is 4.17. The fourth-order valence-corrected chi connectivity index (χ4v) is 2.91. The molecule has 1 amide bonds. The molecule has 2 N–H and O–H groups in total. The van der Waals surface area contributed by atoms with Crippen LogP contribution in [0.2, 0.25) is 0 Å². The van der Waals surface area contributed by atoms with Crippen LogP contribution in [0.3, 0.4) is 0 Å². The molecule has 1 aromatic rings. The van der Waals surface area contributed by atoms with Gasteiger partial charge in [0, 0.05) is 28.8 Å². The second-order valence-electron chi connectivity index (χ2n) is 6.95. The van der Waals surface area contributed by atoms with E-state index in [-0.39, 0.29) is 24.4 Å². The van der Waals surface area contributed by atoms with Gasteiger partial charge in [-0.2, -0.15) is 0 Å². The first kappa shape index (κ1) is 19.8. The maximum Gasteiger partial charge on any atom is 0.251 e. The van der Waals surface area contributed by atoms with Gasteiger partial charge in [0.15, 0.2) is 11.6 Å². The number of amides is 1. The minimum Gasteiger partial charge on any atom is -0.380 e. The number of nitrogens with one attached hydrogen (secondary N) is 1. The second kappa shape index (κ2) is 7.79. The van der Waals surface area contributed by atoms with Crippen LogP contribution in [-0.2, 0) is 20.9 Å². The maximum atomic E-state index is 12.4. The van der Waals surface area contributed by atoms with E-state index in [4.69, 9.17) is 0 Å². The van der Waals surface area contributed by atoms with Crippen LogP contribution in [0.4, 0.5) is 0 Å². The zero-order valence-electron chi connectivity index (χ0n) is 15.7. The van der Waals surface area contributed by atoms with E-state index >= 15 is 0 Å². The van der Waals surface area contributed by atoms with Gasteiger partial charge in [0.2, 0.25) is 0 Å². The minimum atomic E-state index is -1.63. The number of benzene rings is 1. The second-order valence-corrected chi connectivity index (χ2v) is 6.95. The largest absolute Gasteiger partial charge is 0.380 e. The van der Waals surface area contributed by atoms with Gasteiger partial charge < -0.3 is 10.4 Å². The summed E-state index contributed by atoms with van der Waals surface area (Å²) in [6.45, 7) is 6.63. The predicted molar refractivity (Wildman–Crippen MR) is 99.2 cm³/mol. The van der Waals surface area contributed by atoms with Crippen LogP contribution < -0.4 is 5.32 Å². The molecule has 0 aromatic heterocycles. The van der Waals surface area contributed by atoms with Gasteiger partial charge in [-0.25, -0.2) is 0 Å². The SMILES string of the molecule is CC1=C(C)C(=O)C(CCC(C)(O)C(=O)NCc2ccccc2)=C(C)C1=O. The Hall–Kier alpha value is -2.53. The Bertz CT molecular complexity index is 801. The molecule has 0 spiro atoms. The number of Topliss-reactive ketones (excluding diaryl/α,β-unsaturated/α-hetero) is 2. The van der Waals surface area contributed by atoms with Crippen LogP contribution in [0.1, 0.15) is 46.1 Å². The molecule has 0 radical (unpaired) electrons. The summed E-state index contributed by atoms with van der Waals surface area (Å²) in [5.41, 5.74) is 0.981. The number of ketones is 2. The molecule has 1 aromatic carbocycles. The summed E-state index contributed by atoms with van der Waals surface area (Å²) in [5, 5.41) is 13.2. The molecular weight excluding hydrogens is 330 g/mol. The van der Waals surface area contributed by atoms with E-state index in [0.717, 1.165) is 5.56 Å². The molecule has 1 aliphatic carbocycles. The number of hydrogen-bond donors (Lipinski definition) is 2. The van der Waals surface area contributed by atoms with Gasteiger partial charge in [0.25, 0.3) is 5.91 Å². The Labute approximate surface area is 153 Å². The molecule has 5 heteroatoms. The maximum absolute atomic E-state index is 12.4. The highest BCUT2D eigenvalue weighted by Gasteiger charge is 2.33. The Morgan fingerprint density at radius 1 is 1.00 bits per heavy atom.